The number of carbonyl (C=O) groups is 2. The molecule has 0 spiro atoms. The third-order valence-electron chi connectivity index (χ3n) is 3.20. The monoisotopic (exact) mass is 370 g/mol. The molecule has 0 bridgehead atoms. The molecule has 2 rings (SSSR count). The van der Waals surface area contributed by atoms with Crippen molar-refractivity contribution in [3.63, 3.8) is 0 Å². The lowest BCUT2D eigenvalue weighted by atomic mass is 10.2. The first-order chi connectivity index (χ1) is 11.0. The van der Waals surface area contributed by atoms with Gasteiger partial charge in [-0.2, -0.15) is 0 Å². The Kier molecular flexibility index (Phi) is 6.45. The molecule has 0 fully saturated rings. The van der Waals surface area contributed by atoms with Crippen LogP contribution >= 0.6 is 34.5 Å². The predicted molar refractivity (Wildman–Crippen MR) is 94.2 cm³/mol. The lowest BCUT2D eigenvalue weighted by Gasteiger charge is -2.20. The van der Waals surface area contributed by atoms with Crippen LogP contribution in [0.2, 0.25) is 9.36 Å². The summed E-state index contributed by atoms with van der Waals surface area (Å²) in [7, 11) is 0. The van der Waals surface area contributed by atoms with Crippen LogP contribution in [0.15, 0.2) is 36.4 Å². The maximum absolute atomic E-state index is 12.2. The Hall–Kier alpha value is -1.56. The average molecular weight is 371 g/mol. The number of nitrogens with one attached hydrogen (secondary N) is 1. The number of carbonyl (C=O) groups excluding carboxylic acids is 2. The number of benzene rings is 1. The minimum atomic E-state index is -0.323. The third kappa shape index (κ3) is 5.23. The minimum Gasteiger partial charge on any atom is -0.343 e. The van der Waals surface area contributed by atoms with Gasteiger partial charge in [-0.1, -0.05) is 29.3 Å². The summed E-state index contributed by atoms with van der Waals surface area (Å²) in [4.78, 5) is 26.9. The zero-order valence-corrected chi connectivity index (χ0v) is 14.8. The van der Waals surface area contributed by atoms with Crippen LogP contribution in [-0.2, 0) is 11.3 Å². The van der Waals surface area contributed by atoms with Crippen molar-refractivity contribution in [2.75, 3.05) is 13.1 Å². The van der Waals surface area contributed by atoms with Crippen LogP contribution in [0, 0.1) is 0 Å². The van der Waals surface area contributed by atoms with Gasteiger partial charge in [0, 0.05) is 22.0 Å². The Morgan fingerprint density at radius 2 is 2.00 bits per heavy atom. The molecule has 0 aliphatic carbocycles. The highest BCUT2D eigenvalue weighted by Crippen LogP contribution is 2.22. The molecule has 0 atom stereocenters. The van der Waals surface area contributed by atoms with E-state index in [9.17, 15) is 9.59 Å². The first kappa shape index (κ1) is 17.8. The molecule has 0 aliphatic heterocycles. The molecule has 0 saturated carbocycles. The summed E-state index contributed by atoms with van der Waals surface area (Å²) in [5.74, 6) is -0.469. The van der Waals surface area contributed by atoms with E-state index in [0.29, 0.717) is 28.0 Å². The number of amides is 2. The van der Waals surface area contributed by atoms with E-state index >= 15 is 0 Å². The van der Waals surface area contributed by atoms with Gasteiger partial charge in [0.1, 0.15) is 0 Å². The number of hydrogen-bond acceptors (Lipinski definition) is 3. The molecule has 0 radical (unpaired) electrons. The molecule has 1 aromatic heterocycles. The van der Waals surface area contributed by atoms with Gasteiger partial charge in [0.2, 0.25) is 5.91 Å². The molecule has 0 saturated heterocycles. The number of halogens is 2. The lowest BCUT2D eigenvalue weighted by molar-refractivity contribution is -0.130. The van der Waals surface area contributed by atoms with Crippen LogP contribution in [0.5, 0.6) is 0 Å². The average Bonchev–Trinajstić information content (AvgIpc) is 2.95. The summed E-state index contributed by atoms with van der Waals surface area (Å²) in [5, 5.41) is 3.10. The standard InChI is InChI=1S/C16H16Cl2N2O2S/c1-2-20(10-13-6-7-14(18)23-13)15(21)9-19-16(22)11-4-3-5-12(17)8-11/h3-8H,2,9-10H2,1H3,(H,19,22). The molecule has 0 unspecified atom stereocenters. The van der Waals surface area contributed by atoms with E-state index in [2.05, 4.69) is 5.32 Å². The van der Waals surface area contributed by atoms with Gasteiger partial charge in [0.15, 0.2) is 0 Å². The SMILES string of the molecule is CCN(Cc1ccc(Cl)s1)C(=O)CNC(=O)c1cccc(Cl)c1. The molecule has 0 aliphatic rings. The highest BCUT2D eigenvalue weighted by molar-refractivity contribution is 7.16. The van der Waals surface area contributed by atoms with Gasteiger partial charge in [-0.3, -0.25) is 9.59 Å². The summed E-state index contributed by atoms with van der Waals surface area (Å²) in [6.07, 6.45) is 0. The van der Waals surface area contributed by atoms with Crippen LogP contribution in [0.1, 0.15) is 22.2 Å². The zero-order chi connectivity index (χ0) is 16.8. The van der Waals surface area contributed by atoms with E-state index in [1.54, 1.807) is 35.2 Å². The van der Waals surface area contributed by atoms with Gasteiger partial charge >= 0.3 is 0 Å². The van der Waals surface area contributed by atoms with Crippen molar-refractivity contribution in [3.05, 3.63) is 56.2 Å². The molecule has 23 heavy (non-hydrogen) atoms. The lowest BCUT2D eigenvalue weighted by Crippen LogP contribution is -2.39. The predicted octanol–water partition coefficient (Wildman–Crippen LogP) is 3.83. The molecule has 4 nitrogen and oxygen atoms in total. The normalized spacial score (nSPS) is 10.4. The number of rotatable bonds is 6. The Morgan fingerprint density at radius 1 is 1.22 bits per heavy atom. The third-order valence-corrected chi connectivity index (χ3v) is 4.65. The summed E-state index contributed by atoms with van der Waals surface area (Å²) >= 11 is 13.2. The molecular weight excluding hydrogens is 355 g/mol. The van der Waals surface area contributed by atoms with Crippen molar-refractivity contribution < 1.29 is 9.59 Å². The summed E-state index contributed by atoms with van der Waals surface area (Å²) < 4.78 is 0.692. The quantitative estimate of drug-likeness (QED) is 0.839. The van der Waals surface area contributed by atoms with E-state index in [-0.39, 0.29) is 18.4 Å². The largest absolute Gasteiger partial charge is 0.343 e. The maximum atomic E-state index is 12.2. The smallest absolute Gasteiger partial charge is 0.251 e. The van der Waals surface area contributed by atoms with Crippen LogP contribution < -0.4 is 5.32 Å². The van der Waals surface area contributed by atoms with E-state index in [4.69, 9.17) is 23.2 Å². The zero-order valence-electron chi connectivity index (χ0n) is 12.5. The number of nitrogens with zero attached hydrogens (tertiary/aromatic N) is 1. The molecule has 2 aromatic rings. The Labute approximate surface area is 149 Å². The highest BCUT2D eigenvalue weighted by atomic mass is 35.5. The highest BCUT2D eigenvalue weighted by Gasteiger charge is 2.15. The van der Waals surface area contributed by atoms with E-state index < -0.39 is 0 Å². The molecule has 1 aromatic carbocycles. The first-order valence-corrected chi connectivity index (χ1v) is 8.62. The van der Waals surface area contributed by atoms with Gasteiger partial charge in [-0.25, -0.2) is 0 Å². The van der Waals surface area contributed by atoms with Crippen molar-refractivity contribution in [2.24, 2.45) is 0 Å². The topological polar surface area (TPSA) is 49.4 Å². The fraction of sp³-hybridized carbons (Fsp3) is 0.250. The van der Waals surface area contributed by atoms with Gasteiger partial charge in [0.25, 0.3) is 5.91 Å². The van der Waals surface area contributed by atoms with E-state index in [1.807, 2.05) is 13.0 Å². The second kappa shape index (κ2) is 8.34. The molecule has 1 N–H and O–H groups in total. The van der Waals surface area contributed by atoms with Gasteiger partial charge in [-0.05, 0) is 37.3 Å². The second-order valence-electron chi connectivity index (χ2n) is 4.81. The van der Waals surface area contributed by atoms with Crippen LogP contribution in [0.3, 0.4) is 0 Å². The minimum absolute atomic E-state index is 0.0572. The second-order valence-corrected chi connectivity index (χ2v) is 7.04. The first-order valence-electron chi connectivity index (χ1n) is 7.05. The number of thiophene rings is 1. The Bertz CT molecular complexity index is 703. The number of hydrogen-bond donors (Lipinski definition) is 1. The van der Waals surface area contributed by atoms with E-state index in [0.717, 1.165) is 4.88 Å². The maximum Gasteiger partial charge on any atom is 0.251 e. The van der Waals surface area contributed by atoms with Gasteiger partial charge < -0.3 is 10.2 Å². The van der Waals surface area contributed by atoms with Crippen LogP contribution in [-0.4, -0.2) is 29.8 Å². The van der Waals surface area contributed by atoms with Crippen molar-refractivity contribution in [3.8, 4) is 0 Å². The van der Waals surface area contributed by atoms with Crippen molar-refractivity contribution in [2.45, 2.75) is 13.5 Å². The summed E-state index contributed by atoms with van der Waals surface area (Å²) in [5.41, 5.74) is 0.429. The molecule has 7 heteroatoms. The summed E-state index contributed by atoms with van der Waals surface area (Å²) in [6, 6.07) is 10.3. The van der Waals surface area contributed by atoms with Crippen molar-refractivity contribution in [1.29, 1.82) is 0 Å². The van der Waals surface area contributed by atoms with E-state index in [1.165, 1.54) is 11.3 Å². The van der Waals surface area contributed by atoms with Crippen molar-refractivity contribution in [1.82, 2.24) is 10.2 Å². The molecular formula is C16H16Cl2N2O2S. The molecule has 1 heterocycles. The van der Waals surface area contributed by atoms with Crippen molar-refractivity contribution >= 4 is 46.4 Å². The fourth-order valence-electron chi connectivity index (χ4n) is 2.00. The fourth-order valence-corrected chi connectivity index (χ4v) is 3.29. The Morgan fingerprint density at radius 3 is 2.61 bits per heavy atom. The summed E-state index contributed by atoms with van der Waals surface area (Å²) in [6.45, 7) is 2.88. The molecule has 122 valence electrons. The Balaban J connectivity index is 1.90. The van der Waals surface area contributed by atoms with Crippen LogP contribution in [0.4, 0.5) is 0 Å². The number of likely N-dealkylation sites (N-methyl/N-ethyl adjacent to an activating group) is 1. The molecule has 2 amide bonds. The van der Waals surface area contributed by atoms with Crippen LogP contribution in [0.25, 0.3) is 0 Å². The van der Waals surface area contributed by atoms with Gasteiger partial charge in [0.05, 0.1) is 17.4 Å². The van der Waals surface area contributed by atoms with Gasteiger partial charge in [-0.15, -0.1) is 11.3 Å².